The third-order valence-corrected chi connectivity index (χ3v) is 0.975. The number of rotatable bonds is 4. The van der Waals surface area contributed by atoms with E-state index in [2.05, 4.69) is 0 Å². The number of hydrogen-bond acceptors (Lipinski definition) is 2. The third-order valence-electron chi connectivity index (χ3n) is 0.975. The molecule has 0 heterocycles. The van der Waals surface area contributed by atoms with Gasteiger partial charge in [0.25, 0.3) is 0 Å². The number of hydrogen-bond donors (Lipinski definition) is 0. The van der Waals surface area contributed by atoms with E-state index in [4.69, 9.17) is 0 Å². The number of carbonyl (C=O) groups excluding carboxylic acids is 2. The Balaban J connectivity index is 0. The second kappa shape index (κ2) is 6.99. The first-order valence-corrected chi connectivity index (χ1v) is 3.18. The second-order valence-corrected chi connectivity index (χ2v) is 2.17. The predicted octanol–water partition coefficient (Wildman–Crippen LogP) is 1.33. The Bertz CT molecular complexity index is 121. The molecule has 58 valence electrons. The van der Waals surface area contributed by atoms with Gasteiger partial charge in [-0.05, 0) is 13.3 Å². The van der Waals surface area contributed by atoms with Gasteiger partial charge in [-0.25, -0.2) is 0 Å². The summed E-state index contributed by atoms with van der Waals surface area (Å²) in [5.74, 6) is 0.0263. The van der Waals surface area contributed by atoms with E-state index in [1.54, 1.807) is 0 Å². The molecule has 0 rings (SSSR count). The fourth-order valence-electron chi connectivity index (χ4n) is 0.645. The molecule has 0 aromatic carbocycles. The first kappa shape index (κ1) is 12.5. The monoisotopic (exact) mass is 180 g/mol. The number of carbonyl (C=O) groups is 2. The minimum atomic E-state index is -0.0338. The summed E-state index contributed by atoms with van der Waals surface area (Å²) in [5, 5.41) is 0. The van der Waals surface area contributed by atoms with E-state index in [-0.39, 0.29) is 35.3 Å². The van der Waals surface area contributed by atoms with Crippen molar-refractivity contribution in [2.75, 3.05) is 0 Å². The van der Waals surface area contributed by atoms with Gasteiger partial charge in [-0.2, -0.15) is 0 Å². The van der Waals surface area contributed by atoms with Gasteiger partial charge in [-0.1, -0.05) is 6.92 Å². The average molecular weight is 180 g/mol. The van der Waals surface area contributed by atoms with Crippen LogP contribution in [0.3, 0.4) is 0 Å². The minimum Gasteiger partial charge on any atom is -0.300 e. The van der Waals surface area contributed by atoms with Crippen molar-refractivity contribution in [3.05, 3.63) is 0 Å². The standard InChI is InChI=1S/C7H12O2.Cr/c1-3-4-7(9)5-6(2)8;/h3-5H2,1-2H3;. The van der Waals surface area contributed by atoms with Crippen LogP contribution in [-0.4, -0.2) is 11.6 Å². The van der Waals surface area contributed by atoms with Gasteiger partial charge in [0, 0.05) is 23.8 Å². The molecule has 0 N–H and O–H groups in total. The first-order chi connectivity index (χ1) is 4.16. The molecule has 0 aliphatic rings. The van der Waals surface area contributed by atoms with Crippen LogP contribution in [0.25, 0.3) is 0 Å². The van der Waals surface area contributed by atoms with Crippen molar-refractivity contribution in [3.8, 4) is 0 Å². The smallest absolute Gasteiger partial charge is 0.140 e. The molecule has 0 aromatic heterocycles. The fraction of sp³-hybridized carbons (Fsp3) is 0.714. The maximum absolute atomic E-state index is 10.6. The molecular weight excluding hydrogens is 168 g/mol. The molecule has 0 atom stereocenters. The summed E-state index contributed by atoms with van der Waals surface area (Å²) in [6, 6.07) is 0. The van der Waals surface area contributed by atoms with Crippen LogP contribution in [0, 0.1) is 0 Å². The van der Waals surface area contributed by atoms with Crippen LogP contribution in [-0.2, 0) is 27.0 Å². The molecule has 0 bridgehead atoms. The van der Waals surface area contributed by atoms with Gasteiger partial charge < -0.3 is 0 Å². The second-order valence-electron chi connectivity index (χ2n) is 2.17. The van der Waals surface area contributed by atoms with Crippen molar-refractivity contribution < 1.29 is 27.0 Å². The van der Waals surface area contributed by atoms with Crippen molar-refractivity contribution in [2.45, 2.75) is 33.1 Å². The van der Waals surface area contributed by atoms with Crippen LogP contribution in [0.5, 0.6) is 0 Å². The molecule has 0 fully saturated rings. The van der Waals surface area contributed by atoms with Gasteiger partial charge in [0.15, 0.2) is 0 Å². The van der Waals surface area contributed by atoms with Gasteiger partial charge in [-0.15, -0.1) is 0 Å². The van der Waals surface area contributed by atoms with E-state index in [0.717, 1.165) is 6.42 Å². The first-order valence-electron chi connectivity index (χ1n) is 3.18. The zero-order valence-electron chi connectivity index (χ0n) is 6.35. The quantitative estimate of drug-likeness (QED) is 0.611. The molecule has 0 amide bonds. The Hall–Kier alpha value is -0.128. The Morgan fingerprint density at radius 1 is 1.30 bits per heavy atom. The SMILES string of the molecule is CCCC(=O)CC(C)=O.[Cr]. The topological polar surface area (TPSA) is 34.1 Å². The third kappa shape index (κ3) is 7.87. The van der Waals surface area contributed by atoms with Crippen molar-refractivity contribution in [3.63, 3.8) is 0 Å². The Morgan fingerprint density at radius 3 is 2.10 bits per heavy atom. The van der Waals surface area contributed by atoms with Crippen LogP contribution < -0.4 is 0 Å². The molecule has 0 spiro atoms. The Morgan fingerprint density at radius 2 is 1.80 bits per heavy atom. The molecule has 3 heteroatoms. The van der Waals surface area contributed by atoms with Crippen molar-refractivity contribution in [2.24, 2.45) is 0 Å². The van der Waals surface area contributed by atoms with Crippen molar-refractivity contribution in [1.82, 2.24) is 0 Å². The van der Waals surface area contributed by atoms with E-state index in [1.807, 2.05) is 6.92 Å². The summed E-state index contributed by atoms with van der Waals surface area (Å²) < 4.78 is 0. The maximum Gasteiger partial charge on any atom is 0.140 e. The molecule has 0 radical (unpaired) electrons. The van der Waals surface area contributed by atoms with Crippen LogP contribution in [0.1, 0.15) is 33.1 Å². The summed E-state index contributed by atoms with van der Waals surface area (Å²) in [6.07, 6.45) is 1.50. The molecule has 0 saturated heterocycles. The molecule has 2 nitrogen and oxygen atoms in total. The molecule has 0 aromatic rings. The van der Waals surface area contributed by atoms with Crippen LogP contribution >= 0.6 is 0 Å². The summed E-state index contributed by atoms with van der Waals surface area (Å²) >= 11 is 0. The summed E-state index contributed by atoms with van der Waals surface area (Å²) in [6.45, 7) is 3.37. The summed E-state index contributed by atoms with van der Waals surface area (Å²) in [5.41, 5.74) is 0. The zero-order valence-corrected chi connectivity index (χ0v) is 7.62. The van der Waals surface area contributed by atoms with Gasteiger partial charge in [-0.3, -0.25) is 9.59 Å². The van der Waals surface area contributed by atoms with Gasteiger partial charge in [0.1, 0.15) is 11.6 Å². The Labute approximate surface area is 72.1 Å². The molecule has 0 unspecified atom stereocenters. The zero-order chi connectivity index (χ0) is 7.28. The minimum absolute atomic E-state index is 0. The average Bonchev–Trinajstić information content (AvgIpc) is 1.63. The normalized spacial score (nSPS) is 8.20. The van der Waals surface area contributed by atoms with E-state index in [0.29, 0.717) is 6.42 Å². The van der Waals surface area contributed by atoms with Crippen LogP contribution in [0.4, 0.5) is 0 Å². The van der Waals surface area contributed by atoms with E-state index in [1.165, 1.54) is 6.92 Å². The van der Waals surface area contributed by atoms with Crippen molar-refractivity contribution in [1.29, 1.82) is 0 Å². The molecule has 0 saturated carbocycles. The largest absolute Gasteiger partial charge is 0.300 e. The fourth-order valence-corrected chi connectivity index (χ4v) is 0.645. The summed E-state index contributed by atoms with van der Waals surface area (Å²) in [7, 11) is 0. The Kier molecular flexibility index (Phi) is 8.76. The maximum atomic E-state index is 10.6. The van der Waals surface area contributed by atoms with E-state index >= 15 is 0 Å². The van der Waals surface area contributed by atoms with Crippen LogP contribution in [0.15, 0.2) is 0 Å². The van der Waals surface area contributed by atoms with Gasteiger partial charge >= 0.3 is 0 Å². The summed E-state index contributed by atoms with van der Waals surface area (Å²) in [4.78, 5) is 20.9. The van der Waals surface area contributed by atoms with Crippen LogP contribution in [0.2, 0.25) is 0 Å². The number of Topliss-reactive ketones (excluding diaryl/α,β-unsaturated/α-hetero) is 2. The van der Waals surface area contributed by atoms with E-state index < -0.39 is 0 Å². The van der Waals surface area contributed by atoms with Gasteiger partial charge in [0.2, 0.25) is 0 Å². The molecular formula is C7H12CrO2. The number of ketones is 2. The van der Waals surface area contributed by atoms with Gasteiger partial charge in [0.05, 0.1) is 6.42 Å². The molecule has 0 aliphatic carbocycles. The van der Waals surface area contributed by atoms with Crippen molar-refractivity contribution >= 4 is 11.6 Å². The molecule has 0 aliphatic heterocycles. The predicted molar refractivity (Wildman–Crippen MR) is 35.2 cm³/mol. The van der Waals surface area contributed by atoms with E-state index in [9.17, 15) is 9.59 Å². The molecule has 10 heavy (non-hydrogen) atoms.